The maximum atomic E-state index is 12.9. The van der Waals surface area contributed by atoms with E-state index in [2.05, 4.69) is 15.2 Å². The van der Waals surface area contributed by atoms with Crippen molar-refractivity contribution in [3.05, 3.63) is 77.4 Å². The lowest BCUT2D eigenvalue weighted by atomic mass is 10.1. The summed E-state index contributed by atoms with van der Waals surface area (Å²) in [5.74, 6) is 0.734. The largest absolute Gasteiger partial charge is 0.486 e. The van der Waals surface area contributed by atoms with Crippen LogP contribution < -0.4 is 10.5 Å². The zero-order valence-electron chi connectivity index (χ0n) is 12.0. The predicted octanol–water partition coefficient (Wildman–Crippen LogP) is 2.71. The third-order valence-corrected chi connectivity index (χ3v) is 3.25. The number of hydrogen-bond donors (Lipinski definition) is 2. The van der Waals surface area contributed by atoms with Crippen LogP contribution in [0.2, 0.25) is 0 Å². The highest BCUT2D eigenvalue weighted by molar-refractivity contribution is 5.25. The van der Waals surface area contributed by atoms with Crippen molar-refractivity contribution in [3.8, 4) is 5.75 Å². The van der Waals surface area contributed by atoms with Crippen molar-refractivity contribution in [1.82, 2.24) is 15.2 Å². The van der Waals surface area contributed by atoms with E-state index in [4.69, 9.17) is 10.5 Å². The molecule has 1 atom stereocenters. The van der Waals surface area contributed by atoms with Gasteiger partial charge in [0.15, 0.2) is 11.6 Å². The molecule has 0 saturated heterocycles. The fraction of sp³-hybridized carbons (Fsp3) is 0.125. The van der Waals surface area contributed by atoms with Crippen molar-refractivity contribution in [2.24, 2.45) is 5.73 Å². The Balaban J connectivity index is 1.65. The number of H-pyrrole nitrogens is 1. The fourth-order valence-corrected chi connectivity index (χ4v) is 2.02. The van der Waals surface area contributed by atoms with Crippen molar-refractivity contribution in [3.63, 3.8) is 0 Å². The normalized spacial score (nSPS) is 12.1. The summed E-state index contributed by atoms with van der Waals surface area (Å²) in [6.45, 7) is 0.148. The average molecular weight is 316 g/mol. The molecule has 0 radical (unpaired) electrons. The van der Waals surface area contributed by atoms with Gasteiger partial charge in [0.25, 0.3) is 0 Å². The zero-order chi connectivity index (χ0) is 16.2. The predicted molar refractivity (Wildman–Crippen MR) is 79.5 cm³/mol. The maximum absolute atomic E-state index is 12.9. The number of nitrogens with zero attached hydrogens (tertiary/aromatic N) is 2. The van der Waals surface area contributed by atoms with Crippen LogP contribution in [0.3, 0.4) is 0 Å². The molecule has 3 aromatic rings. The first-order chi connectivity index (χ1) is 11.1. The van der Waals surface area contributed by atoms with E-state index in [0.29, 0.717) is 23.0 Å². The summed E-state index contributed by atoms with van der Waals surface area (Å²) in [7, 11) is 0. The Morgan fingerprint density at radius 1 is 1.00 bits per heavy atom. The Labute approximate surface area is 131 Å². The van der Waals surface area contributed by atoms with Crippen molar-refractivity contribution in [1.29, 1.82) is 0 Å². The van der Waals surface area contributed by atoms with Gasteiger partial charge in [0, 0.05) is 0 Å². The van der Waals surface area contributed by atoms with Crippen LogP contribution in [0.4, 0.5) is 8.78 Å². The van der Waals surface area contributed by atoms with Gasteiger partial charge in [-0.15, -0.1) is 0 Å². The Bertz CT molecular complexity index is 772. The number of ether oxygens (including phenoxy) is 1. The molecule has 1 heterocycles. The molecule has 1 aromatic heterocycles. The molecular weight excluding hydrogens is 302 g/mol. The molecule has 0 spiro atoms. The molecule has 3 N–H and O–H groups in total. The lowest BCUT2D eigenvalue weighted by Crippen LogP contribution is -2.13. The second-order valence-corrected chi connectivity index (χ2v) is 4.91. The van der Waals surface area contributed by atoms with Crippen molar-refractivity contribution in [2.45, 2.75) is 12.6 Å². The molecule has 0 amide bonds. The van der Waals surface area contributed by atoms with Crippen LogP contribution in [0, 0.1) is 11.6 Å². The minimum Gasteiger partial charge on any atom is -0.486 e. The fourth-order valence-electron chi connectivity index (χ4n) is 2.02. The number of benzene rings is 2. The molecule has 7 heteroatoms. The van der Waals surface area contributed by atoms with Crippen molar-refractivity contribution in [2.75, 3.05) is 0 Å². The number of hydrogen-bond acceptors (Lipinski definition) is 4. The van der Waals surface area contributed by atoms with Gasteiger partial charge in [-0.1, -0.05) is 12.1 Å². The summed E-state index contributed by atoms with van der Waals surface area (Å²) in [5.41, 5.74) is 6.76. The maximum Gasteiger partial charge on any atom is 0.172 e. The lowest BCUT2D eigenvalue weighted by molar-refractivity contribution is 0.296. The molecule has 3 rings (SSSR count). The highest BCUT2D eigenvalue weighted by Crippen LogP contribution is 2.17. The third-order valence-electron chi connectivity index (χ3n) is 3.25. The van der Waals surface area contributed by atoms with Gasteiger partial charge in [0.05, 0.1) is 6.04 Å². The van der Waals surface area contributed by atoms with Crippen LogP contribution in [0.5, 0.6) is 5.75 Å². The van der Waals surface area contributed by atoms with E-state index < -0.39 is 6.04 Å². The quantitative estimate of drug-likeness (QED) is 0.759. The van der Waals surface area contributed by atoms with Crippen molar-refractivity contribution < 1.29 is 13.5 Å². The van der Waals surface area contributed by atoms with Crippen LogP contribution in [0.15, 0.2) is 48.5 Å². The number of rotatable bonds is 5. The van der Waals surface area contributed by atoms with E-state index in [-0.39, 0.29) is 18.2 Å². The molecule has 118 valence electrons. The Hall–Kier alpha value is -2.80. The Morgan fingerprint density at radius 3 is 2.26 bits per heavy atom. The van der Waals surface area contributed by atoms with Gasteiger partial charge in [0.2, 0.25) is 0 Å². The topological polar surface area (TPSA) is 76.8 Å². The van der Waals surface area contributed by atoms with Gasteiger partial charge in [-0.2, -0.15) is 5.10 Å². The first-order valence-electron chi connectivity index (χ1n) is 6.92. The monoisotopic (exact) mass is 316 g/mol. The summed E-state index contributed by atoms with van der Waals surface area (Å²) in [5, 5.41) is 6.78. The van der Waals surface area contributed by atoms with Crippen LogP contribution in [-0.2, 0) is 6.61 Å². The van der Waals surface area contributed by atoms with Crippen LogP contribution in [-0.4, -0.2) is 15.2 Å². The van der Waals surface area contributed by atoms with Crippen LogP contribution in [0.25, 0.3) is 0 Å². The summed E-state index contributed by atoms with van der Waals surface area (Å²) in [6, 6.07) is 11.0. The van der Waals surface area contributed by atoms with Crippen LogP contribution in [0.1, 0.15) is 23.3 Å². The standard InChI is InChI=1S/C16H14F2N4O/c17-11-3-1-10(2-4-11)15(19)16-20-14(21-22-16)9-23-13-7-5-12(18)6-8-13/h1-8,15H,9,19H2,(H,20,21,22)/t15-/m1/s1. The number of aromatic amines is 1. The van der Waals surface area contributed by atoms with Gasteiger partial charge in [0.1, 0.15) is 24.0 Å². The lowest BCUT2D eigenvalue weighted by Gasteiger charge is -2.07. The van der Waals surface area contributed by atoms with Gasteiger partial charge in [-0.3, -0.25) is 5.10 Å². The molecule has 0 bridgehead atoms. The zero-order valence-corrected chi connectivity index (χ0v) is 12.0. The second kappa shape index (κ2) is 6.53. The molecule has 23 heavy (non-hydrogen) atoms. The minimum atomic E-state index is -0.563. The van der Waals surface area contributed by atoms with Gasteiger partial charge >= 0.3 is 0 Å². The summed E-state index contributed by atoms with van der Waals surface area (Å²) < 4.78 is 31.2. The highest BCUT2D eigenvalue weighted by atomic mass is 19.1. The first-order valence-corrected chi connectivity index (χ1v) is 6.92. The number of nitrogens with one attached hydrogen (secondary N) is 1. The van der Waals surface area contributed by atoms with E-state index in [1.807, 2.05) is 0 Å². The van der Waals surface area contributed by atoms with E-state index in [0.717, 1.165) is 0 Å². The summed E-state index contributed by atoms with van der Waals surface area (Å²) >= 11 is 0. The SMILES string of the molecule is N[C@H](c1ccc(F)cc1)c1n[nH]c(COc2ccc(F)cc2)n1. The van der Waals surface area contributed by atoms with Gasteiger partial charge < -0.3 is 10.5 Å². The third kappa shape index (κ3) is 3.70. The molecule has 0 aliphatic rings. The molecule has 0 unspecified atom stereocenters. The van der Waals surface area contributed by atoms with E-state index >= 15 is 0 Å². The van der Waals surface area contributed by atoms with Gasteiger partial charge in [-0.05, 0) is 42.0 Å². The highest BCUT2D eigenvalue weighted by Gasteiger charge is 2.14. The molecule has 5 nitrogen and oxygen atoms in total. The Morgan fingerprint density at radius 2 is 1.61 bits per heavy atom. The van der Waals surface area contributed by atoms with Crippen molar-refractivity contribution >= 4 is 0 Å². The molecule has 0 aliphatic carbocycles. The second-order valence-electron chi connectivity index (χ2n) is 4.91. The van der Waals surface area contributed by atoms with E-state index in [9.17, 15) is 8.78 Å². The smallest absolute Gasteiger partial charge is 0.172 e. The first kappa shape index (κ1) is 15.1. The van der Waals surface area contributed by atoms with E-state index in [1.54, 1.807) is 12.1 Å². The Kier molecular flexibility index (Phi) is 4.29. The summed E-state index contributed by atoms with van der Waals surface area (Å²) in [4.78, 5) is 4.26. The number of nitrogens with two attached hydrogens (primary N) is 1. The molecule has 0 aliphatic heterocycles. The number of aromatic nitrogens is 3. The number of halogens is 2. The molecule has 0 fully saturated rings. The molecule has 0 saturated carbocycles. The average Bonchev–Trinajstić information content (AvgIpc) is 3.03. The summed E-state index contributed by atoms with van der Waals surface area (Å²) in [6.07, 6.45) is 0. The molecule has 2 aromatic carbocycles. The van der Waals surface area contributed by atoms with Gasteiger partial charge in [-0.25, -0.2) is 13.8 Å². The minimum absolute atomic E-state index is 0.148. The van der Waals surface area contributed by atoms with E-state index in [1.165, 1.54) is 36.4 Å². The van der Waals surface area contributed by atoms with Crippen LogP contribution >= 0.6 is 0 Å². The molecular formula is C16H14F2N4O.